The van der Waals surface area contributed by atoms with Crippen LogP contribution in [-0.2, 0) is 4.79 Å². The van der Waals surface area contributed by atoms with Crippen LogP contribution in [0.5, 0.6) is 5.75 Å². The number of carboxylic acid groups (broad SMARTS) is 1. The van der Waals surface area contributed by atoms with Crippen LogP contribution in [0.15, 0.2) is 12.1 Å². The van der Waals surface area contributed by atoms with Crippen molar-refractivity contribution in [2.45, 2.75) is 19.5 Å². The quantitative estimate of drug-likeness (QED) is 0.638. The third kappa shape index (κ3) is 3.04. The molecule has 0 aromatic heterocycles. The van der Waals surface area contributed by atoms with E-state index in [1.54, 1.807) is 0 Å². The number of nitro benzene ring substituents is 1. The maximum Gasteiger partial charge on any atom is 0.406 e. The standard InChI is InChI=1S/C15H15F3N2O6/c1-8-10(20(24)25)5-9(6-11(8)26-2)12(21)19-4-3-14(7-19,13(22)23)15(16,17)18/h5-6H,3-4,7H2,1-2H3,(H,22,23). The molecular weight excluding hydrogens is 361 g/mol. The van der Waals surface area contributed by atoms with Crippen molar-refractivity contribution in [2.75, 3.05) is 20.2 Å². The predicted octanol–water partition coefficient (Wildman–Crippen LogP) is 2.39. The Morgan fingerprint density at radius 2 is 2.00 bits per heavy atom. The number of nitro groups is 1. The molecular formula is C15H15F3N2O6. The van der Waals surface area contributed by atoms with Crippen molar-refractivity contribution < 1.29 is 37.5 Å². The summed E-state index contributed by atoms with van der Waals surface area (Å²) < 4.78 is 44.6. The van der Waals surface area contributed by atoms with Crippen molar-refractivity contribution >= 4 is 17.6 Å². The highest BCUT2D eigenvalue weighted by Crippen LogP contribution is 2.46. The number of methoxy groups -OCH3 is 1. The zero-order valence-electron chi connectivity index (χ0n) is 13.8. The van der Waals surface area contributed by atoms with E-state index in [4.69, 9.17) is 9.84 Å². The lowest BCUT2D eigenvalue weighted by atomic mass is 9.86. The van der Waals surface area contributed by atoms with Crippen LogP contribution in [0.2, 0.25) is 0 Å². The number of amides is 1. The van der Waals surface area contributed by atoms with Crippen LogP contribution in [0.4, 0.5) is 18.9 Å². The van der Waals surface area contributed by atoms with Gasteiger partial charge in [0, 0.05) is 19.2 Å². The van der Waals surface area contributed by atoms with E-state index in [9.17, 15) is 32.9 Å². The highest BCUT2D eigenvalue weighted by molar-refractivity contribution is 5.96. The topological polar surface area (TPSA) is 110 Å². The van der Waals surface area contributed by atoms with Crippen LogP contribution in [0.25, 0.3) is 0 Å². The molecule has 8 nitrogen and oxygen atoms in total. The fourth-order valence-corrected chi connectivity index (χ4v) is 2.89. The maximum atomic E-state index is 13.2. The summed E-state index contributed by atoms with van der Waals surface area (Å²) in [5.41, 5.74) is -3.57. The molecule has 0 radical (unpaired) electrons. The second-order valence-corrected chi connectivity index (χ2v) is 5.94. The Kier molecular flexibility index (Phi) is 4.84. The van der Waals surface area contributed by atoms with E-state index in [0.717, 1.165) is 11.0 Å². The molecule has 0 spiro atoms. The molecule has 1 saturated heterocycles. The predicted molar refractivity (Wildman–Crippen MR) is 81.0 cm³/mol. The number of rotatable bonds is 4. The second kappa shape index (κ2) is 6.46. The number of halogens is 3. The van der Waals surface area contributed by atoms with Crippen molar-refractivity contribution in [2.24, 2.45) is 5.41 Å². The van der Waals surface area contributed by atoms with Gasteiger partial charge in [0.05, 0.1) is 23.2 Å². The second-order valence-electron chi connectivity index (χ2n) is 5.94. The van der Waals surface area contributed by atoms with E-state index in [1.807, 2.05) is 0 Å². The van der Waals surface area contributed by atoms with E-state index < -0.39 is 53.6 Å². The monoisotopic (exact) mass is 376 g/mol. The lowest BCUT2D eigenvalue weighted by molar-refractivity contribution is -0.385. The Morgan fingerprint density at radius 3 is 2.42 bits per heavy atom. The third-order valence-electron chi connectivity index (χ3n) is 4.50. The largest absolute Gasteiger partial charge is 0.496 e. The minimum Gasteiger partial charge on any atom is -0.496 e. The molecule has 1 aliphatic rings. The number of ether oxygens (including phenoxy) is 1. The molecule has 1 unspecified atom stereocenters. The first-order valence-corrected chi connectivity index (χ1v) is 7.37. The van der Waals surface area contributed by atoms with E-state index >= 15 is 0 Å². The fourth-order valence-electron chi connectivity index (χ4n) is 2.89. The number of carboxylic acids is 1. The van der Waals surface area contributed by atoms with E-state index in [0.29, 0.717) is 0 Å². The first-order chi connectivity index (χ1) is 11.9. The normalized spacial score (nSPS) is 20.1. The highest BCUT2D eigenvalue weighted by Gasteiger charge is 2.64. The number of alkyl halides is 3. The summed E-state index contributed by atoms with van der Waals surface area (Å²) in [6.07, 6.45) is -5.83. The van der Waals surface area contributed by atoms with Gasteiger partial charge in [-0.3, -0.25) is 19.7 Å². The molecule has 1 atom stereocenters. The van der Waals surface area contributed by atoms with Gasteiger partial charge in [0.25, 0.3) is 11.6 Å². The molecule has 1 amide bonds. The number of carbonyl (C=O) groups is 2. The highest BCUT2D eigenvalue weighted by atomic mass is 19.4. The lowest BCUT2D eigenvalue weighted by Gasteiger charge is -2.27. The van der Waals surface area contributed by atoms with Crippen LogP contribution in [0.1, 0.15) is 22.3 Å². The van der Waals surface area contributed by atoms with Gasteiger partial charge in [-0.1, -0.05) is 0 Å². The van der Waals surface area contributed by atoms with E-state index in [-0.39, 0.29) is 16.9 Å². The number of hydrogen-bond acceptors (Lipinski definition) is 5. The smallest absolute Gasteiger partial charge is 0.406 e. The van der Waals surface area contributed by atoms with Crippen LogP contribution < -0.4 is 4.74 Å². The summed E-state index contributed by atoms with van der Waals surface area (Å²) in [5, 5.41) is 20.1. The first-order valence-electron chi connectivity index (χ1n) is 7.37. The number of likely N-dealkylation sites (tertiary alicyclic amines) is 1. The summed E-state index contributed by atoms with van der Waals surface area (Å²) >= 11 is 0. The Balaban J connectivity index is 2.41. The molecule has 1 aromatic rings. The van der Waals surface area contributed by atoms with Crippen LogP contribution in [0, 0.1) is 22.5 Å². The minimum absolute atomic E-state index is 0.0297. The third-order valence-corrected chi connectivity index (χ3v) is 4.50. The van der Waals surface area contributed by atoms with Crippen molar-refractivity contribution in [1.29, 1.82) is 0 Å². The maximum absolute atomic E-state index is 13.2. The summed E-state index contributed by atoms with van der Waals surface area (Å²) in [5.74, 6) is -2.96. The summed E-state index contributed by atoms with van der Waals surface area (Å²) in [7, 11) is 1.23. The molecule has 1 N–H and O–H groups in total. The Hall–Kier alpha value is -2.85. The van der Waals surface area contributed by atoms with Gasteiger partial charge in [0.2, 0.25) is 0 Å². The fraction of sp³-hybridized carbons (Fsp3) is 0.467. The molecule has 1 fully saturated rings. The molecule has 2 rings (SSSR count). The first kappa shape index (κ1) is 19.5. The molecule has 1 aliphatic heterocycles. The van der Waals surface area contributed by atoms with Gasteiger partial charge >= 0.3 is 12.1 Å². The average Bonchev–Trinajstić information content (AvgIpc) is 3.00. The van der Waals surface area contributed by atoms with Gasteiger partial charge in [-0.25, -0.2) is 0 Å². The molecule has 0 bridgehead atoms. The van der Waals surface area contributed by atoms with Crippen LogP contribution in [0.3, 0.4) is 0 Å². The molecule has 0 aliphatic carbocycles. The number of hydrogen-bond donors (Lipinski definition) is 1. The SMILES string of the molecule is COc1cc(C(=O)N2CCC(C(=O)O)(C(F)(F)F)C2)cc([N+](=O)[O-])c1C. The minimum atomic E-state index is -5.04. The molecule has 26 heavy (non-hydrogen) atoms. The summed E-state index contributed by atoms with van der Waals surface area (Å²) in [6.45, 7) is -0.0938. The van der Waals surface area contributed by atoms with Crippen molar-refractivity contribution in [3.63, 3.8) is 0 Å². The summed E-state index contributed by atoms with van der Waals surface area (Å²) in [6, 6.07) is 2.12. The van der Waals surface area contributed by atoms with Gasteiger partial charge in [-0.2, -0.15) is 13.2 Å². The molecule has 11 heteroatoms. The Bertz CT molecular complexity index is 779. The van der Waals surface area contributed by atoms with Gasteiger partial charge in [-0.05, 0) is 19.4 Å². The summed E-state index contributed by atoms with van der Waals surface area (Å²) in [4.78, 5) is 34.8. The number of nitrogens with zero attached hydrogens (tertiary/aromatic N) is 2. The Morgan fingerprint density at radius 1 is 1.38 bits per heavy atom. The van der Waals surface area contributed by atoms with E-state index in [1.165, 1.54) is 20.1 Å². The zero-order chi connectivity index (χ0) is 19.9. The molecule has 1 heterocycles. The number of carbonyl (C=O) groups excluding carboxylic acids is 1. The van der Waals surface area contributed by atoms with Gasteiger partial charge in [0.1, 0.15) is 5.75 Å². The van der Waals surface area contributed by atoms with Crippen molar-refractivity contribution in [3.05, 3.63) is 33.4 Å². The lowest BCUT2D eigenvalue weighted by Crippen LogP contribution is -2.47. The van der Waals surface area contributed by atoms with Crippen molar-refractivity contribution in [1.82, 2.24) is 4.90 Å². The van der Waals surface area contributed by atoms with Crippen LogP contribution >= 0.6 is 0 Å². The number of benzene rings is 1. The molecule has 142 valence electrons. The van der Waals surface area contributed by atoms with Crippen LogP contribution in [-0.4, -0.2) is 53.2 Å². The number of aliphatic carboxylic acids is 1. The Labute approximate surface area is 145 Å². The van der Waals surface area contributed by atoms with E-state index in [2.05, 4.69) is 0 Å². The zero-order valence-corrected chi connectivity index (χ0v) is 13.8. The molecule has 1 aromatic carbocycles. The molecule has 0 saturated carbocycles. The van der Waals surface area contributed by atoms with Gasteiger partial charge < -0.3 is 14.7 Å². The van der Waals surface area contributed by atoms with Gasteiger partial charge in [-0.15, -0.1) is 0 Å². The van der Waals surface area contributed by atoms with Crippen molar-refractivity contribution in [3.8, 4) is 5.75 Å². The van der Waals surface area contributed by atoms with Gasteiger partial charge in [0.15, 0.2) is 5.41 Å². The average molecular weight is 376 g/mol.